The Kier molecular flexibility index (Phi) is 3.96. The fourth-order valence-electron chi connectivity index (χ4n) is 1.92. The molecule has 0 aliphatic carbocycles. The van der Waals surface area contributed by atoms with Gasteiger partial charge in [0.25, 0.3) is 0 Å². The molecule has 0 aromatic heterocycles. The molecular formula is C14H15BO2. The standard InChI is InChI=1S/C14H15BO2/c16-15(17)11-10-13-8-4-5-9-14(13)12-6-2-1-3-7-12/h1-9,16-17H,10-11H2. The lowest BCUT2D eigenvalue weighted by Gasteiger charge is -2.09. The van der Waals surface area contributed by atoms with Crippen molar-refractivity contribution >= 4 is 7.12 Å². The average molecular weight is 226 g/mol. The highest BCUT2D eigenvalue weighted by Gasteiger charge is 2.09. The monoisotopic (exact) mass is 226 g/mol. The maximum absolute atomic E-state index is 8.93. The summed E-state index contributed by atoms with van der Waals surface area (Å²) in [5, 5.41) is 17.9. The molecule has 0 spiro atoms. The summed E-state index contributed by atoms with van der Waals surface area (Å²) in [6, 6.07) is 18.2. The summed E-state index contributed by atoms with van der Waals surface area (Å²) in [7, 11) is -1.24. The second kappa shape index (κ2) is 5.66. The summed E-state index contributed by atoms with van der Waals surface area (Å²) in [5.74, 6) is 0. The molecule has 0 bridgehead atoms. The van der Waals surface area contributed by atoms with Crippen molar-refractivity contribution in [2.45, 2.75) is 12.7 Å². The van der Waals surface area contributed by atoms with Crippen LogP contribution >= 0.6 is 0 Å². The van der Waals surface area contributed by atoms with E-state index in [4.69, 9.17) is 10.0 Å². The lowest BCUT2D eigenvalue weighted by molar-refractivity contribution is 0.405. The van der Waals surface area contributed by atoms with Crippen molar-refractivity contribution in [1.82, 2.24) is 0 Å². The molecule has 0 aliphatic heterocycles. The number of hydrogen-bond acceptors (Lipinski definition) is 2. The first-order chi connectivity index (χ1) is 8.27. The van der Waals surface area contributed by atoms with Crippen molar-refractivity contribution in [3.63, 3.8) is 0 Å². The zero-order valence-electron chi connectivity index (χ0n) is 9.58. The molecule has 0 unspecified atom stereocenters. The minimum atomic E-state index is -1.24. The lowest BCUT2D eigenvalue weighted by Crippen LogP contribution is -2.11. The van der Waals surface area contributed by atoms with E-state index in [2.05, 4.69) is 18.2 Å². The maximum Gasteiger partial charge on any atom is 0.451 e. The maximum atomic E-state index is 8.93. The largest absolute Gasteiger partial charge is 0.451 e. The minimum Gasteiger partial charge on any atom is -0.427 e. The summed E-state index contributed by atoms with van der Waals surface area (Å²) in [4.78, 5) is 0. The molecule has 2 nitrogen and oxygen atoms in total. The van der Waals surface area contributed by atoms with Crippen LogP contribution in [0.3, 0.4) is 0 Å². The van der Waals surface area contributed by atoms with E-state index in [1.54, 1.807) is 0 Å². The minimum absolute atomic E-state index is 0.365. The van der Waals surface area contributed by atoms with Crippen LogP contribution in [-0.4, -0.2) is 17.2 Å². The van der Waals surface area contributed by atoms with Gasteiger partial charge in [-0.2, -0.15) is 0 Å². The molecule has 17 heavy (non-hydrogen) atoms. The van der Waals surface area contributed by atoms with Crippen LogP contribution in [0.15, 0.2) is 54.6 Å². The predicted molar refractivity (Wildman–Crippen MR) is 70.6 cm³/mol. The van der Waals surface area contributed by atoms with E-state index in [-0.39, 0.29) is 0 Å². The van der Waals surface area contributed by atoms with Gasteiger partial charge in [-0.05, 0) is 29.4 Å². The Balaban J connectivity index is 2.28. The molecule has 0 saturated carbocycles. The van der Waals surface area contributed by atoms with E-state index in [0.29, 0.717) is 12.7 Å². The summed E-state index contributed by atoms with van der Waals surface area (Å²) in [5.41, 5.74) is 3.47. The van der Waals surface area contributed by atoms with Crippen LogP contribution in [-0.2, 0) is 6.42 Å². The molecule has 0 atom stereocenters. The SMILES string of the molecule is OB(O)CCc1ccccc1-c1ccccc1. The second-order valence-corrected chi connectivity index (χ2v) is 4.04. The number of rotatable bonds is 4. The van der Waals surface area contributed by atoms with E-state index < -0.39 is 7.12 Å². The smallest absolute Gasteiger partial charge is 0.427 e. The highest BCUT2D eigenvalue weighted by Crippen LogP contribution is 2.24. The molecular weight excluding hydrogens is 211 g/mol. The zero-order valence-corrected chi connectivity index (χ0v) is 9.58. The Bertz CT molecular complexity index is 469. The van der Waals surface area contributed by atoms with Gasteiger partial charge in [-0.3, -0.25) is 0 Å². The van der Waals surface area contributed by atoms with Crippen molar-refractivity contribution in [3.8, 4) is 11.1 Å². The highest BCUT2D eigenvalue weighted by molar-refractivity contribution is 6.41. The lowest BCUT2D eigenvalue weighted by atomic mass is 9.81. The van der Waals surface area contributed by atoms with E-state index in [9.17, 15) is 0 Å². The summed E-state index contributed by atoms with van der Waals surface area (Å²) in [6.45, 7) is 0. The summed E-state index contributed by atoms with van der Waals surface area (Å²) >= 11 is 0. The number of benzene rings is 2. The van der Waals surface area contributed by atoms with Gasteiger partial charge in [0.1, 0.15) is 0 Å². The van der Waals surface area contributed by atoms with Crippen LogP contribution in [0.25, 0.3) is 11.1 Å². The van der Waals surface area contributed by atoms with Gasteiger partial charge >= 0.3 is 7.12 Å². The quantitative estimate of drug-likeness (QED) is 0.785. The van der Waals surface area contributed by atoms with Crippen LogP contribution < -0.4 is 0 Å². The van der Waals surface area contributed by atoms with Gasteiger partial charge in [-0.1, -0.05) is 54.6 Å². The van der Waals surface area contributed by atoms with Gasteiger partial charge in [0.15, 0.2) is 0 Å². The van der Waals surface area contributed by atoms with Crippen LogP contribution in [0.4, 0.5) is 0 Å². The predicted octanol–water partition coefficient (Wildman–Crippen LogP) is 2.37. The second-order valence-electron chi connectivity index (χ2n) is 4.04. The van der Waals surface area contributed by atoms with Crippen LogP contribution in [0.1, 0.15) is 5.56 Å². The van der Waals surface area contributed by atoms with Crippen molar-refractivity contribution in [3.05, 3.63) is 60.2 Å². The fraction of sp³-hybridized carbons (Fsp3) is 0.143. The molecule has 0 aliphatic rings. The van der Waals surface area contributed by atoms with Crippen molar-refractivity contribution < 1.29 is 10.0 Å². The van der Waals surface area contributed by atoms with Crippen molar-refractivity contribution in [1.29, 1.82) is 0 Å². The van der Waals surface area contributed by atoms with Crippen LogP contribution in [0.2, 0.25) is 6.32 Å². The van der Waals surface area contributed by atoms with Gasteiger partial charge in [0, 0.05) is 0 Å². The normalized spacial score (nSPS) is 10.2. The van der Waals surface area contributed by atoms with Gasteiger partial charge in [0.05, 0.1) is 0 Å². The molecule has 0 amide bonds. The Hall–Kier alpha value is -1.58. The van der Waals surface area contributed by atoms with Crippen molar-refractivity contribution in [2.24, 2.45) is 0 Å². The van der Waals surface area contributed by atoms with Gasteiger partial charge < -0.3 is 10.0 Å². The fourth-order valence-corrected chi connectivity index (χ4v) is 1.92. The Morgan fingerprint density at radius 3 is 2.18 bits per heavy atom. The van der Waals surface area contributed by atoms with E-state index in [1.807, 2.05) is 36.4 Å². The van der Waals surface area contributed by atoms with E-state index in [1.165, 1.54) is 0 Å². The Morgan fingerprint density at radius 1 is 0.824 bits per heavy atom. The van der Waals surface area contributed by atoms with E-state index in [0.717, 1.165) is 16.7 Å². The third kappa shape index (κ3) is 3.19. The highest BCUT2D eigenvalue weighted by atomic mass is 16.4. The van der Waals surface area contributed by atoms with Gasteiger partial charge in [0.2, 0.25) is 0 Å². The summed E-state index contributed by atoms with van der Waals surface area (Å²) < 4.78 is 0. The third-order valence-electron chi connectivity index (χ3n) is 2.77. The Labute approximate surface area is 102 Å². The molecule has 0 heterocycles. The first kappa shape index (κ1) is 11.9. The molecule has 2 aromatic carbocycles. The molecule has 86 valence electrons. The molecule has 0 radical (unpaired) electrons. The van der Waals surface area contributed by atoms with E-state index >= 15 is 0 Å². The Morgan fingerprint density at radius 2 is 1.47 bits per heavy atom. The molecule has 0 saturated heterocycles. The first-order valence-electron chi connectivity index (χ1n) is 5.77. The van der Waals surface area contributed by atoms with Gasteiger partial charge in [-0.15, -0.1) is 0 Å². The van der Waals surface area contributed by atoms with Gasteiger partial charge in [-0.25, -0.2) is 0 Å². The zero-order chi connectivity index (χ0) is 12.1. The average Bonchev–Trinajstić information content (AvgIpc) is 2.38. The number of aryl methyl sites for hydroxylation is 1. The molecule has 2 aromatic rings. The molecule has 2 N–H and O–H groups in total. The molecule has 3 heteroatoms. The number of hydrogen-bond donors (Lipinski definition) is 2. The van der Waals surface area contributed by atoms with Crippen molar-refractivity contribution in [2.75, 3.05) is 0 Å². The van der Waals surface area contributed by atoms with Crippen LogP contribution in [0, 0.1) is 0 Å². The third-order valence-corrected chi connectivity index (χ3v) is 2.77. The van der Waals surface area contributed by atoms with Crippen LogP contribution in [0.5, 0.6) is 0 Å². The summed E-state index contributed by atoms with van der Waals surface area (Å²) in [6.07, 6.45) is 1.03. The molecule has 2 rings (SSSR count). The molecule has 0 fully saturated rings. The topological polar surface area (TPSA) is 40.5 Å². The first-order valence-corrected chi connectivity index (χ1v) is 5.77.